The van der Waals surface area contributed by atoms with Crippen molar-refractivity contribution in [2.24, 2.45) is 5.73 Å². The molecule has 1 aromatic rings. The highest BCUT2D eigenvalue weighted by Crippen LogP contribution is 2.16. The van der Waals surface area contributed by atoms with Crippen molar-refractivity contribution >= 4 is 11.8 Å². The van der Waals surface area contributed by atoms with E-state index >= 15 is 0 Å². The highest BCUT2D eigenvalue weighted by Gasteiger charge is 2.23. The number of nitrogens with zero attached hydrogens (tertiary/aromatic N) is 3. The molecule has 0 aromatic carbocycles. The van der Waals surface area contributed by atoms with Crippen molar-refractivity contribution < 1.29 is 0 Å². The van der Waals surface area contributed by atoms with Gasteiger partial charge in [-0.2, -0.15) is 4.98 Å². The summed E-state index contributed by atoms with van der Waals surface area (Å²) in [7, 11) is 0. The minimum atomic E-state index is 0.279. The third-order valence-electron chi connectivity index (χ3n) is 1.89. The zero-order valence-electron chi connectivity index (χ0n) is 6.64. The molecule has 1 aliphatic rings. The summed E-state index contributed by atoms with van der Waals surface area (Å²) in [5.41, 5.74) is 11.1. The first kappa shape index (κ1) is 7.30. The fourth-order valence-corrected chi connectivity index (χ4v) is 1.24. The van der Waals surface area contributed by atoms with Crippen LogP contribution in [0.5, 0.6) is 0 Å². The van der Waals surface area contributed by atoms with Gasteiger partial charge in [-0.05, 0) is 6.07 Å². The fourth-order valence-electron chi connectivity index (χ4n) is 1.24. The van der Waals surface area contributed by atoms with E-state index in [2.05, 4.69) is 14.9 Å². The number of hydrogen-bond donors (Lipinski definition) is 2. The maximum Gasteiger partial charge on any atom is 0.221 e. The molecule has 64 valence electrons. The SMILES string of the molecule is Nc1nccc(N2CC(N)C2)n1. The van der Waals surface area contributed by atoms with Crippen LogP contribution in [-0.2, 0) is 0 Å². The molecule has 1 aliphatic heterocycles. The molecule has 1 saturated heterocycles. The van der Waals surface area contributed by atoms with Crippen LogP contribution in [0.25, 0.3) is 0 Å². The Bertz CT molecular complexity index is 281. The summed E-state index contributed by atoms with van der Waals surface area (Å²) in [6, 6.07) is 2.11. The molecular weight excluding hydrogens is 154 g/mol. The Balaban J connectivity index is 2.13. The lowest BCUT2D eigenvalue weighted by atomic mass is 10.1. The number of aromatic nitrogens is 2. The summed E-state index contributed by atoms with van der Waals surface area (Å²) in [5.74, 6) is 1.18. The Kier molecular flexibility index (Phi) is 1.58. The second-order valence-electron chi connectivity index (χ2n) is 2.94. The summed E-state index contributed by atoms with van der Waals surface area (Å²) in [4.78, 5) is 9.95. The second kappa shape index (κ2) is 2.60. The molecule has 2 heterocycles. The van der Waals surface area contributed by atoms with Gasteiger partial charge in [-0.15, -0.1) is 0 Å². The van der Waals surface area contributed by atoms with Crippen molar-refractivity contribution in [3.05, 3.63) is 12.3 Å². The number of nitrogens with two attached hydrogens (primary N) is 2. The Morgan fingerprint density at radius 1 is 1.50 bits per heavy atom. The first-order chi connectivity index (χ1) is 5.75. The van der Waals surface area contributed by atoms with E-state index in [9.17, 15) is 0 Å². The van der Waals surface area contributed by atoms with E-state index in [4.69, 9.17) is 11.5 Å². The Hall–Kier alpha value is -1.36. The third kappa shape index (κ3) is 1.18. The average Bonchev–Trinajstić information content (AvgIpc) is 1.99. The molecule has 5 nitrogen and oxygen atoms in total. The van der Waals surface area contributed by atoms with Gasteiger partial charge >= 0.3 is 0 Å². The molecule has 0 saturated carbocycles. The molecule has 1 aromatic heterocycles. The standard InChI is InChI=1S/C7H11N5/c8-5-3-12(4-5)6-1-2-10-7(9)11-6/h1-2,5H,3-4,8H2,(H2,9,10,11). The van der Waals surface area contributed by atoms with Crippen LogP contribution >= 0.6 is 0 Å². The van der Waals surface area contributed by atoms with Crippen molar-refractivity contribution in [3.63, 3.8) is 0 Å². The van der Waals surface area contributed by atoms with E-state index in [0.29, 0.717) is 5.95 Å². The van der Waals surface area contributed by atoms with Gasteiger partial charge in [0.15, 0.2) is 0 Å². The minimum absolute atomic E-state index is 0.279. The molecule has 4 N–H and O–H groups in total. The Labute approximate surface area is 70.4 Å². The van der Waals surface area contributed by atoms with Gasteiger partial charge in [-0.25, -0.2) is 4.98 Å². The lowest BCUT2D eigenvalue weighted by Gasteiger charge is -2.37. The molecule has 12 heavy (non-hydrogen) atoms. The van der Waals surface area contributed by atoms with Crippen LogP contribution in [0.4, 0.5) is 11.8 Å². The van der Waals surface area contributed by atoms with Crippen LogP contribution in [0, 0.1) is 0 Å². The smallest absolute Gasteiger partial charge is 0.221 e. The summed E-state index contributed by atoms with van der Waals surface area (Å²) in [6.07, 6.45) is 1.65. The Morgan fingerprint density at radius 3 is 2.83 bits per heavy atom. The van der Waals surface area contributed by atoms with Crippen LogP contribution < -0.4 is 16.4 Å². The van der Waals surface area contributed by atoms with Crippen molar-refractivity contribution in [1.82, 2.24) is 9.97 Å². The van der Waals surface area contributed by atoms with Crippen LogP contribution in [0.1, 0.15) is 0 Å². The molecule has 1 fully saturated rings. The van der Waals surface area contributed by atoms with Crippen molar-refractivity contribution in [1.29, 1.82) is 0 Å². The van der Waals surface area contributed by atoms with Gasteiger partial charge < -0.3 is 16.4 Å². The first-order valence-corrected chi connectivity index (χ1v) is 3.85. The number of nitrogen functional groups attached to an aromatic ring is 1. The monoisotopic (exact) mass is 165 g/mol. The molecule has 0 unspecified atom stereocenters. The van der Waals surface area contributed by atoms with Crippen LogP contribution in [-0.4, -0.2) is 29.1 Å². The van der Waals surface area contributed by atoms with E-state index in [1.54, 1.807) is 6.20 Å². The number of hydrogen-bond acceptors (Lipinski definition) is 5. The molecule has 2 rings (SSSR count). The quantitative estimate of drug-likeness (QED) is 0.569. The van der Waals surface area contributed by atoms with Crippen LogP contribution in [0.3, 0.4) is 0 Å². The van der Waals surface area contributed by atoms with Crippen molar-refractivity contribution in [2.45, 2.75) is 6.04 Å². The van der Waals surface area contributed by atoms with E-state index < -0.39 is 0 Å². The molecule has 0 spiro atoms. The number of anilines is 2. The third-order valence-corrected chi connectivity index (χ3v) is 1.89. The summed E-state index contributed by atoms with van der Waals surface area (Å²) in [5, 5.41) is 0. The topological polar surface area (TPSA) is 81.1 Å². The van der Waals surface area contributed by atoms with Gasteiger partial charge in [0, 0.05) is 25.3 Å². The molecular formula is C7H11N5. The minimum Gasteiger partial charge on any atom is -0.368 e. The maximum atomic E-state index is 5.63. The summed E-state index contributed by atoms with van der Waals surface area (Å²) < 4.78 is 0. The van der Waals surface area contributed by atoms with Gasteiger partial charge in [0.25, 0.3) is 0 Å². The first-order valence-electron chi connectivity index (χ1n) is 3.85. The van der Waals surface area contributed by atoms with Crippen molar-refractivity contribution in [2.75, 3.05) is 23.7 Å². The highest BCUT2D eigenvalue weighted by atomic mass is 15.3. The molecule has 0 atom stereocenters. The molecule has 0 amide bonds. The van der Waals surface area contributed by atoms with E-state index in [1.165, 1.54) is 0 Å². The van der Waals surface area contributed by atoms with E-state index in [0.717, 1.165) is 18.9 Å². The summed E-state index contributed by atoms with van der Waals surface area (Å²) >= 11 is 0. The van der Waals surface area contributed by atoms with E-state index in [1.807, 2.05) is 6.07 Å². The average molecular weight is 165 g/mol. The van der Waals surface area contributed by atoms with E-state index in [-0.39, 0.29) is 6.04 Å². The number of rotatable bonds is 1. The van der Waals surface area contributed by atoms with Gasteiger partial charge in [0.2, 0.25) is 5.95 Å². The molecule has 5 heteroatoms. The fraction of sp³-hybridized carbons (Fsp3) is 0.429. The second-order valence-corrected chi connectivity index (χ2v) is 2.94. The van der Waals surface area contributed by atoms with Gasteiger partial charge in [-0.3, -0.25) is 0 Å². The largest absolute Gasteiger partial charge is 0.368 e. The lowest BCUT2D eigenvalue weighted by molar-refractivity contribution is 0.514. The lowest BCUT2D eigenvalue weighted by Crippen LogP contribution is -2.56. The van der Waals surface area contributed by atoms with Crippen molar-refractivity contribution in [3.8, 4) is 0 Å². The Morgan fingerprint density at radius 2 is 2.25 bits per heavy atom. The molecule has 0 bridgehead atoms. The predicted molar refractivity (Wildman–Crippen MR) is 46.6 cm³/mol. The summed E-state index contributed by atoms with van der Waals surface area (Å²) in [6.45, 7) is 1.72. The van der Waals surface area contributed by atoms with Gasteiger partial charge in [-0.1, -0.05) is 0 Å². The van der Waals surface area contributed by atoms with Gasteiger partial charge in [0.1, 0.15) is 5.82 Å². The normalized spacial score (nSPS) is 17.6. The predicted octanol–water partition coefficient (Wildman–Crippen LogP) is -0.794. The maximum absolute atomic E-state index is 5.63. The van der Waals surface area contributed by atoms with Crippen LogP contribution in [0.15, 0.2) is 12.3 Å². The van der Waals surface area contributed by atoms with Gasteiger partial charge in [0.05, 0.1) is 0 Å². The highest BCUT2D eigenvalue weighted by molar-refractivity contribution is 5.44. The molecule has 0 radical (unpaired) electrons. The zero-order chi connectivity index (χ0) is 8.55. The van der Waals surface area contributed by atoms with Crippen LogP contribution in [0.2, 0.25) is 0 Å². The molecule has 0 aliphatic carbocycles. The zero-order valence-corrected chi connectivity index (χ0v) is 6.64.